The molecule has 1 aliphatic rings. The number of aromatic nitrogens is 1. The van der Waals surface area contributed by atoms with Crippen molar-refractivity contribution in [3.8, 4) is 0 Å². The summed E-state index contributed by atoms with van der Waals surface area (Å²) in [6.45, 7) is 2.95. The lowest BCUT2D eigenvalue weighted by Gasteiger charge is -2.34. The first-order chi connectivity index (χ1) is 10.3. The minimum Gasteiger partial charge on any atom is -0.332 e. The third-order valence-corrected chi connectivity index (χ3v) is 4.89. The van der Waals surface area contributed by atoms with Gasteiger partial charge in [-0.3, -0.25) is 9.78 Å². The number of hydrogen-bond donors (Lipinski definition) is 0. The van der Waals surface area contributed by atoms with E-state index in [0.717, 1.165) is 24.9 Å². The molecule has 2 aromatic rings. The van der Waals surface area contributed by atoms with Gasteiger partial charge < -0.3 is 4.90 Å². The van der Waals surface area contributed by atoms with Gasteiger partial charge in [-0.05, 0) is 53.6 Å². The molecule has 0 saturated heterocycles. The Labute approximate surface area is 128 Å². The zero-order valence-electron chi connectivity index (χ0n) is 12.0. The summed E-state index contributed by atoms with van der Waals surface area (Å²) >= 11 is 1.81. The van der Waals surface area contributed by atoms with Crippen LogP contribution in [0.25, 0.3) is 6.08 Å². The molecule has 0 aromatic carbocycles. The lowest BCUT2D eigenvalue weighted by Crippen LogP contribution is -2.38. The molecule has 3 nitrogen and oxygen atoms in total. The number of hydrogen-bond acceptors (Lipinski definition) is 3. The smallest absolute Gasteiger partial charge is 0.247 e. The standard InChI is InChI=1S/C17H18N2OS/c1-2-15-14-8-12-21-16(14)7-11-19(15)17(20)4-3-13-5-9-18-10-6-13/h3-6,8-10,12,15H,2,7,11H2,1H3/b4-3+. The lowest BCUT2D eigenvalue weighted by atomic mass is 9.97. The van der Waals surface area contributed by atoms with E-state index in [1.165, 1.54) is 10.4 Å². The predicted octanol–water partition coefficient (Wildman–Crippen LogP) is 3.69. The van der Waals surface area contributed by atoms with Crippen molar-refractivity contribution in [2.45, 2.75) is 25.8 Å². The Balaban J connectivity index is 1.77. The van der Waals surface area contributed by atoms with Gasteiger partial charge in [0.05, 0.1) is 6.04 Å². The van der Waals surface area contributed by atoms with Crippen LogP contribution in [0.4, 0.5) is 0 Å². The van der Waals surface area contributed by atoms with Gasteiger partial charge in [-0.2, -0.15) is 0 Å². The summed E-state index contributed by atoms with van der Waals surface area (Å²) in [7, 11) is 0. The molecular formula is C17H18N2OS. The van der Waals surface area contributed by atoms with Crippen molar-refractivity contribution in [3.05, 3.63) is 58.1 Å². The molecule has 0 N–H and O–H groups in total. The van der Waals surface area contributed by atoms with Crippen LogP contribution in [0, 0.1) is 0 Å². The van der Waals surface area contributed by atoms with E-state index in [2.05, 4.69) is 23.4 Å². The van der Waals surface area contributed by atoms with Gasteiger partial charge >= 0.3 is 0 Å². The number of pyridine rings is 1. The van der Waals surface area contributed by atoms with Crippen molar-refractivity contribution in [3.63, 3.8) is 0 Å². The highest BCUT2D eigenvalue weighted by atomic mass is 32.1. The van der Waals surface area contributed by atoms with Gasteiger partial charge in [-0.15, -0.1) is 11.3 Å². The summed E-state index contributed by atoms with van der Waals surface area (Å²) in [5, 5.41) is 2.13. The lowest BCUT2D eigenvalue weighted by molar-refractivity contribution is -0.128. The van der Waals surface area contributed by atoms with Gasteiger partial charge in [0.25, 0.3) is 0 Å². The third kappa shape index (κ3) is 2.90. The van der Waals surface area contributed by atoms with Crippen LogP contribution in [-0.4, -0.2) is 22.3 Å². The highest BCUT2D eigenvalue weighted by molar-refractivity contribution is 7.10. The monoisotopic (exact) mass is 298 g/mol. The molecule has 0 spiro atoms. The van der Waals surface area contributed by atoms with E-state index in [9.17, 15) is 4.79 Å². The topological polar surface area (TPSA) is 33.2 Å². The van der Waals surface area contributed by atoms with Gasteiger partial charge in [0.1, 0.15) is 0 Å². The molecular weight excluding hydrogens is 280 g/mol. The zero-order chi connectivity index (χ0) is 14.7. The van der Waals surface area contributed by atoms with Crippen LogP contribution in [0.5, 0.6) is 0 Å². The Morgan fingerprint density at radius 3 is 3.00 bits per heavy atom. The fraction of sp³-hybridized carbons (Fsp3) is 0.294. The highest BCUT2D eigenvalue weighted by Gasteiger charge is 2.29. The largest absolute Gasteiger partial charge is 0.332 e. The summed E-state index contributed by atoms with van der Waals surface area (Å²) in [5.41, 5.74) is 2.33. The fourth-order valence-corrected chi connectivity index (χ4v) is 3.77. The summed E-state index contributed by atoms with van der Waals surface area (Å²) in [4.78, 5) is 19.9. The van der Waals surface area contributed by atoms with E-state index in [1.54, 1.807) is 29.8 Å². The van der Waals surface area contributed by atoms with Gasteiger partial charge in [-0.25, -0.2) is 0 Å². The van der Waals surface area contributed by atoms with Crippen LogP contribution in [0.2, 0.25) is 0 Å². The SMILES string of the molecule is CCC1c2ccsc2CCN1C(=O)/C=C/c1ccncc1. The molecule has 0 aliphatic carbocycles. The van der Waals surface area contributed by atoms with E-state index < -0.39 is 0 Å². The average molecular weight is 298 g/mol. The first kappa shape index (κ1) is 14.0. The fourth-order valence-electron chi connectivity index (χ4n) is 2.84. The molecule has 1 aliphatic heterocycles. The van der Waals surface area contributed by atoms with Crippen molar-refractivity contribution in [1.29, 1.82) is 0 Å². The van der Waals surface area contributed by atoms with Crippen molar-refractivity contribution >= 4 is 23.3 Å². The number of rotatable bonds is 3. The second-order valence-electron chi connectivity index (χ2n) is 5.12. The Bertz CT molecular complexity index is 648. The van der Waals surface area contributed by atoms with E-state index in [1.807, 2.05) is 23.1 Å². The quantitative estimate of drug-likeness (QED) is 0.810. The Kier molecular flexibility index (Phi) is 4.15. The van der Waals surface area contributed by atoms with Gasteiger partial charge in [0.2, 0.25) is 5.91 Å². The first-order valence-electron chi connectivity index (χ1n) is 7.24. The van der Waals surface area contributed by atoms with Crippen LogP contribution in [0.3, 0.4) is 0 Å². The molecule has 0 radical (unpaired) electrons. The summed E-state index contributed by atoms with van der Waals surface area (Å²) in [6, 6.07) is 6.18. The maximum atomic E-state index is 12.5. The molecule has 2 aromatic heterocycles. The molecule has 3 heterocycles. The predicted molar refractivity (Wildman–Crippen MR) is 86.0 cm³/mol. The number of amides is 1. The Morgan fingerprint density at radius 1 is 1.43 bits per heavy atom. The Morgan fingerprint density at radius 2 is 2.24 bits per heavy atom. The van der Waals surface area contributed by atoms with Crippen LogP contribution in [-0.2, 0) is 11.2 Å². The molecule has 1 unspecified atom stereocenters. The maximum absolute atomic E-state index is 12.5. The second kappa shape index (κ2) is 6.22. The average Bonchev–Trinajstić information content (AvgIpc) is 3.01. The van der Waals surface area contributed by atoms with Crippen LogP contribution in [0.1, 0.15) is 35.4 Å². The molecule has 0 bridgehead atoms. The van der Waals surface area contributed by atoms with E-state index in [4.69, 9.17) is 0 Å². The molecule has 0 fully saturated rings. The normalized spacial score (nSPS) is 18.0. The first-order valence-corrected chi connectivity index (χ1v) is 8.12. The van der Waals surface area contributed by atoms with E-state index >= 15 is 0 Å². The second-order valence-corrected chi connectivity index (χ2v) is 6.12. The van der Waals surface area contributed by atoms with Crippen LogP contribution < -0.4 is 0 Å². The van der Waals surface area contributed by atoms with Gasteiger partial charge in [0, 0.05) is 29.9 Å². The molecule has 108 valence electrons. The number of fused-ring (bicyclic) bond motifs is 1. The minimum absolute atomic E-state index is 0.0931. The maximum Gasteiger partial charge on any atom is 0.247 e. The minimum atomic E-state index is 0.0931. The van der Waals surface area contributed by atoms with E-state index in [-0.39, 0.29) is 11.9 Å². The van der Waals surface area contributed by atoms with Crippen molar-refractivity contribution < 1.29 is 4.79 Å². The van der Waals surface area contributed by atoms with Crippen LogP contribution in [0.15, 0.2) is 42.0 Å². The molecule has 3 rings (SSSR count). The highest BCUT2D eigenvalue weighted by Crippen LogP contribution is 2.35. The van der Waals surface area contributed by atoms with Gasteiger partial charge in [0.15, 0.2) is 0 Å². The van der Waals surface area contributed by atoms with E-state index in [0.29, 0.717) is 0 Å². The molecule has 0 saturated carbocycles. The molecule has 4 heteroatoms. The van der Waals surface area contributed by atoms with Crippen molar-refractivity contribution in [1.82, 2.24) is 9.88 Å². The molecule has 1 amide bonds. The number of carbonyl (C=O) groups excluding carboxylic acids is 1. The molecule has 1 atom stereocenters. The zero-order valence-corrected chi connectivity index (χ0v) is 12.8. The summed E-state index contributed by atoms with van der Waals surface area (Å²) < 4.78 is 0. The van der Waals surface area contributed by atoms with Crippen molar-refractivity contribution in [2.75, 3.05) is 6.54 Å². The number of carbonyl (C=O) groups is 1. The third-order valence-electron chi connectivity index (χ3n) is 3.89. The Hall–Kier alpha value is -1.94. The van der Waals surface area contributed by atoms with Crippen LogP contribution >= 0.6 is 11.3 Å². The molecule has 21 heavy (non-hydrogen) atoms. The number of thiophene rings is 1. The summed E-state index contributed by atoms with van der Waals surface area (Å²) in [6.07, 6.45) is 8.93. The number of nitrogens with zero attached hydrogens (tertiary/aromatic N) is 2. The van der Waals surface area contributed by atoms with Gasteiger partial charge in [-0.1, -0.05) is 6.92 Å². The summed E-state index contributed by atoms with van der Waals surface area (Å²) in [5.74, 6) is 0.0931. The van der Waals surface area contributed by atoms with Crippen molar-refractivity contribution in [2.24, 2.45) is 0 Å².